The smallest absolute Gasteiger partial charge is 0.107 e. The van der Waals surface area contributed by atoms with Gasteiger partial charge in [-0.15, -0.1) is 11.3 Å². The summed E-state index contributed by atoms with van der Waals surface area (Å²) in [5.74, 6) is 2.49. The van der Waals surface area contributed by atoms with Gasteiger partial charge in [0, 0.05) is 11.4 Å². The molecule has 86 valence electrons. The summed E-state index contributed by atoms with van der Waals surface area (Å²) in [7, 11) is 0. The van der Waals surface area contributed by atoms with Crippen LogP contribution >= 0.6 is 23.1 Å². The van der Waals surface area contributed by atoms with Crippen LogP contribution < -0.4 is 5.32 Å². The van der Waals surface area contributed by atoms with Crippen molar-refractivity contribution in [2.45, 2.75) is 33.7 Å². The van der Waals surface area contributed by atoms with Crippen molar-refractivity contribution in [3.8, 4) is 0 Å². The van der Waals surface area contributed by atoms with E-state index in [-0.39, 0.29) is 0 Å². The first-order valence-corrected chi connectivity index (χ1v) is 7.42. The number of aryl methyl sites for hydroxylation is 2. The molecule has 0 radical (unpaired) electrons. The van der Waals surface area contributed by atoms with E-state index in [0.717, 1.165) is 13.1 Å². The van der Waals surface area contributed by atoms with Gasteiger partial charge >= 0.3 is 0 Å². The summed E-state index contributed by atoms with van der Waals surface area (Å²) in [5.41, 5.74) is 1.18. The summed E-state index contributed by atoms with van der Waals surface area (Å²) in [6.45, 7) is 8.45. The van der Waals surface area contributed by atoms with Crippen molar-refractivity contribution in [3.05, 3.63) is 15.6 Å². The lowest BCUT2D eigenvalue weighted by Gasteiger charge is -2.01. The monoisotopic (exact) mass is 244 g/mol. The molecule has 0 amide bonds. The molecule has 0 aliphatic carbocycles. The molecule has 0 atom stereocenters. The molecule has 0 saturated carbocycles. The zero-order valence-corrected chi connectivity index (χ0v) is 11.4. The fourth-order valence-corrected chi connectivity index (χ4v) is 2.79. The Hall–Kier alpha value is -0.0600. The van der Waals surface area contributed by atoms with Crippen LogP contribution in [0.5, 0.6) is 0 Å². The molecule has 4 heteroatoms. The van der Waals surface area contributed by atoms with Crippen LogP contribution in [0.4, 0.5) is 0 Å². The van der Waals surface area contributed by atoms with Gasteiger partial charge in [0.2, 0.25) is 0 Å². The molecule has 2 nitrogen and oxygen atoms in total. The van der Waals surface area contributed by atoms with E-state index in [1.807, 2.05) is 11.8 Å². The standard InChI is InChI=1S/C11H20N2S2/c1-4-14-7-5-6-12-8-11-13-9(2)10(3)15-11/h12H,4-8H2,1-3H3. The lowest BCUT2D eigenvalue weighted by Crippen LogP contribution is -2.15. The molecular weight excluding hydrogens is 224 g/mol. The zero-order valence-electron chi connectivity index (χ0n) is 9.80. The Balaban J connectivity index is 2.10. The van der Waals surface area contributed by atoms with Gasteiger partial charge in [-0.2, -0.15) is 11.8 Å². The number of nitrogens with zero attached hydrogens (tertiary/aromatic N) is 1. The van der Waals surface area contributed by atoms with Crippen LogP contribution in [-0.4, -0.2) is 23.0 Å². The highest BCUT2D eigenvalue weighted by Gasteiger charge is 2.02. The molecule has 0 spiro atoms. The summed E-state index contributed by atoms with van der Waals surface area (Å²) in [6, 6.07) is 0. The molecule has 1 heterocycles. The van der Waals surface area contributed by atoms with Crippen LogP contribution in [0.25, 0.3) is 0 Å². The molecule has 0 aliphatic rings. The Labute approximate surface area is 101 Å². The van der Waals surface area contributed by atoms with Gasteiger partial charge in [0.15, 0.2) is 0 Å². The Morgan fingerprint density at radius 3 is 2.80 bits per heavy atom. The van der Waals surface area contributed by atoms with E-state index in [2.05, 4.69) is 31.1 Å². The van der Waals surface area contributed by atoms with E-state index in [0.29, 0.717) is 0 Å². The normalized spacial score (nSPS) is 10.9. The quantitative estimate of drug-likeness (QED) is 0.746. The molecule has 0 bridgehead atoms. The zero-order chi connectivity index (χ0) is 11.1. The van der Waals surface area contributed by atoms with Crippen molar-refractivity contribution >= 4 is 23.1 Å². The van der Waals surface area contributed by atoms with Crippen LogP contribution in [0.15, 0.2) is 0 Å². The number of thioether (sulfide) groups is 1. The van der Waals surface area contributed by atoms with Gasteiger partial charge in [-0.25, -0.2) is 4.98 Å². The molecule has 1 aromatic rings. The molecule has 1 rings (SSSR count). The molecule has 1 N–H and O–H groups in total. The van der Waals surface area contributed by atoms with E-state index in [9.17, 15) is 0 Å². The van der Waals surface area contributed by atoms with Gasteiger partial charge in [0.25, 0.3) is 0 Å². The van der Waals surface area contributed by atoms with Crippen LogP contribution in [0.1, 0.15) is 28.9 Å². The molecule has 0 aromatic carbocycles. The predicted octanol–water partition coefficient (Wildman–Crippen LogP) is 2.99. The highest BCUT2D eigenvalue weighted by molar-refractivity contribution is 7.99. The molecule has 0 fully saturated rings. The fourth-order valence-electron chi connectivity index (χ4n) is 1.25. The van der Waals surface area contributed by atoms with Crippen molar-refractivity contribution in [2.75, 3.05) is 18.1 Å². The Bertz CT molecular complexity index is 265. The summed E-state index contributed by atoms with van der Waals surface area (Å²) < 4.78 is 0. The average Bonchev–Trinajstić information content (AvgIpc) is 2.52. The van der Waals surface area contributed by atoms with Crippen LogP contribution in [0.2, 0.25) is 0 Å². The van der Waals surface area contributed by atoms with E-state index >= 15 is 0 Å². The highest BCUT2D eigenvalue weighted by atomic mass is 32.2. The third-order valence-electron chi connectivity index (χ3n) is 2.20. The molecular formula is C11H20N2S2. The van der Waals surface area contributed by atoms with E-state index < -0.39 is 0 Å². The van der Waals surface area contributed by atoms with Gasteiger partial charge in [0.05, 0.1) is 5.69 Å². The van der Waals surface area contributed by atoms with Gasteiger partial charge in [-0.3, -0.25) is 0 Å². The van der Waals surface area contributed by atoms with Crippen molar-refractivity contribution < 1.29 is 0 Å². The van der Waals surface area contributed by atoms with Gasteiger partial charge in [-0.1, -0.05) is 6.92 Å². The van der Waals surface area contributed by atoms with Crippen molar-refractivity contribution in [1.29, 1.82) is 0 Å². The maximum absolute atomic E-state index is 4.49. The Morgan fingerprint density at radius 1 is 1.40 bits per heavy atom. The number of hydrogen-bond donors (Lipinski definition) is 1. The summed E-state index contributed by atoms with van der Waals surface area (Å²) in [6.07, 6.45) is 1.25. The second-order valence-electron chi connectivity index (χ2n) is 3.48. The average molecular weight is 244 g/mol. The SMILES string of the molecule is CCSCCCNCc1nc(C)c(C)s1. The summed E-state index contributed by atoms with van der Waals surface area (Å²) in [5, 5.41) is 4.65. The first-order valence-electron chi connectivity index (χ1n) is 5.45. The van der Waals surface area contributed by atoms with Crippen LogP contribution in [0.3, 0.4) is 0 Å². The lowest BCUT2D eigenvalue weighted by atomic mass is 10.4. The number of rotatable bonds is 7. The largest absolute Gasteiger partial charge is 0.310 e. The minimum absolute atomic E-state index is 0.927. The lowest BCUT2D eigenvalue weighted by molar-refractivity contribution is 0.675. The van der Waals surface area contributed by atoms with Crippen molar-refractivity contribution in [3.63, 3.8) is 0 Å². The Kier molecular flexibility index (Phi) is 6.29. The maximum atomic E-state index is 4.49. The first-order chi connectivity index (χ1) is 7.24. The number of aromatic nitrogens is 1. The fraction of sp³-hybridized carbons (Fsp3) is 0.727. The second kappa shape index (κ2) is 7.25. The van der Waals surface area contributed by atoms with E-state index in [1.165, 1.54) is 33.5 Å². The van der Waals surface area contributed by atoms with E-state index in [4.69, 9.17) is 0 Å². The van der Waals surface area contributed by atoms with Gasteiger partial charge in [0.1, 0.15) is 5.01 Å². The molecule has 0 unspecified atom stereocenters. The number of thiazole rings is 1. The molecule has 1 aromatic heterocycles. The third-order valence-corrected chi connectivity index (χ3v) is 4.25. The highest BCUT2D eigenvalue weighted by Crippen LogP contribution is 2.15. The van der Waals surface area contributed by atoms with Crippen molar-refractivity contribution in [1.82, 2.24) is 10.3 Å². The molecule has 15 heavy (non-hydrogen) atoms. The number of nitrogens with one attached hydrogen (secondary N) is 1. The minimum Gasteiger partial charge on any atom is -0.310 e. The molecule has 0 saturated heterocycles. The van der Waals surface area contributed by atoms with E-state index in [1.54, 1.807) is 11.3 Å². The predicted molar refractivity (Wildman–Crippen MR) is 70.9 cm³/mol. The summed E-state index contributed by atoms with van der Waals surface area (Å²) >= 11 is 3.81. The van der Waals surface area contributed by atoms with Crippen LogP contribution in [-0.2, 0) is 6.54 Å². The topological polar surface area (TPSA) is 24.9 Å². The Morgan fingerprint density at radius 2 is 2.20 bits per heavy atom. The third kappa shape index (κ3) is 5.00. The van der Waals surface area contributed by atoms with Crippen LogP contribution in [0, 0.1) is 13.8 Å². The number of hydrogen-bond acceptors (Lipinski definition) is 4. The van der Waals surface area contributed by atoms with Gasteiger partial charge in [-0.05, 0) is 38.3 Å². The minimum atomic E-state index is 0.927. The molecule has 0 aliphatic heterocycles. The second-order valence-corrected chi connectivity index (χ2v) is 6.16. The summed E-state index contributed by atoms with van der Waals surface area (Å²) in [4.78, 5) is 5.84. The van der Waals surface area contributed by atoms with Crippen molar-refractivity contribution in [2.24, 2.45) is 0 Å². The first kappa shape index (κ1) is 13.0. The van der Waals surface area contributed by atoms with Gasteiger partial charge < -0.3 is 5.32 Å². The maximum Gasteiger partial charge on any atom is 0.107 e.